The Balaban J connectivity index is 2.42. The Bertz CT molecular complexity index is 1240. The number of allylic oxidation sites excluding steroid dienone is 3. The number of aliphatic hydroxyl groups is 3. The van der Waals surface area contributed by atoms with Crippen molar-refractivity contribution in [2.45, 2.75) is 256 Å². The summed E-state index contributed by atoms with van der Waals surface area (Å²) in [5.74, 6) is -2.23. The minimum Gasteiger partial charge on any atom is -0.458 e. The molecule has 6 atom stereocenters. The highest BCUT2D eigenvalue weighted by Gasteiger charge is 2.46. The van der Waals surface area contributed by atoms with Crippen LogP contribution in [0.1, 0.15) is 219 Å². The molecule has 4 N–H and O–H groups in total. The topological polar surface area (TPSA) is 186 Å². The second-order valence-corrected chi connectivity index (χ2v) is 19.1. The van der Waals surface area contributed by atoms with Crippen LogP contribution < -0.4 is 0 Å². The fraction of sp³-hybridized carbons (Fsp3) is 0.878. The van der Waals surface area contributed by atoms with Gasteiger partial charge in [-0.2, -0.15) is 8.42 Å². The van der Waals surface area contributed by atoms with Crippen LogP contribution in [0.25, 0.3) is 0 Å². The highest BCUT2D eigenvalue weighted by atomic mass is 32.2. The average Bonchev–Trinajstić information content (AvgIpc) is 3.24. The standard InChI is InChI=1S/C49H90O12S/c1-3-5-7-9-11-13-15-17-19-20-21-22-24-26-28-30-32-34-36-38-45(51)60-42(40-59-49-48(54)47(53)46(52)43(61-49)41-62(55,56)57)39-58-44(50)37-35-33-31-29-27-25-23-18-16-14-12-10-8-6-4-2/h31,33,35,37,42-43,46-49,52-54H,3-30,32,34,36,38-41H2,1-2H3,(H,55,56,57)/b33-31+,37-35+/t42-,43-,46-,47?,48?,49+/m1/s1. The minimum atomic E-state index is -4.61. The second kappa shape index (κ2) is 39.5. The molecule has 2 unspecified atom stereocenters. The zero-order chi connectivity index (χ0) is 45.5. The zero-order valence-electron chi connectivity index (χ0n) is 39.0. The Morgan fingerprint density at radius 2 is 1.02 bits per heavy atom. The minimum absolute atomic E-state index is 0.150. The number of carbonyl (C=O) groups excluding carboxylic acids is 2. The largest absolute Gasteiger partial charge is 0.458 e. The molecular weight excluding hydrogens is 813 g/mol. The van der Waals surface area contributed by atoms with Gasteiger partial charge in [0, 0.05) is 12.5 Å². The molecule has 0 aromatic heterocycles. The number of ether oxygens (including phenoxy) is 4. The molecule has 1 heterocycles. The smallest absolute Gasteiger partial charge is 0.330 e. The lowest BCUT2D eigenvalue weighted by molar-refractivity contribution is -0.297. The van der Waals surface area contributed by atoms with E-state index in [4.69, 9.17) is 18.9 Å². The normalized spacial score (nSPS) is 20.0. The van der Waals surface area contributed by atoms with Gasteiger partial charge < -0.3 is 34.3 Å². The first-order chi connectivity index (χ1) is 30.0. The summed E-state index contributed by atoms with van der Waals surface area (Å²) >= 11 is 0. The summed E-state index contributed by atoms with van der Waals surface area (Å²) in [6.45, 7) is 3.68. The van der Waals surface area contributed by atoms with Gasteiger partial charge in [-0.25, -0.2) is 4.79 Å². The highest BCUT2D eigenvalue weighted by Crippen LogP contribution is 2.24. The number of rotatable bonds is 42. The fourth-order valence-corrected chi connectivity index (χ4v) is 8.46. The summed E-state index contributed by atoms with van der Waals surface area (Å²) in [6, 6.07) is 0. The number of hydrogen-bond donors (Lipinski definition) is 4. The maximum absolute atomic E-state index is 12.8. The van der Waals surface area contributed by atoms with Crippen LogP contribution in [-0.4, -0.2) is 96.0 Å². The van der Waals surface area contributed by atoms with Gasteiger partial charge in [-0.1, -0.05) is 212 Å². The Hall–Kier alpha value is -1.87. The molecule has 0 spiro atoms. The van der Waals surface area contributed by atoms with Gasteiger partial charge in [0.15, 0.2) is 12.4 Å². The maximum Gasteiger partial charge on any atom is 0.330 e. The summed E-state index contributed by atoms with van der Waals surface area (Å²) in [5.41, 5.74) is 0. The van der Waals surface area contributed by atoms with Gasteiger partial charge in [0.05, 0.1) is 6.61 Å². The number of aliphatic hydroxyl groups excluding tert-OH is 3. The predicted molar refractivity (Wildman–Crippen MR) is 247 cm³/mol. The van der Waals surface area contributed by atoms with Crippen LogP contribution in [0.4, 0.5) is 0 Å². The van der Waals surface area contributed by atoms with E-state index in [0.717, 1.165) is 32.1 Å². The molecule has 12 nitrogen and oxygen atoms in total. The monoisotopic (exact) mass is 903 g/mol. The van der Waals surface area contributed by atoms with E-state index in [0.29, 0.717) is 6.42 Å². The van der Waals surface area contributed by atoms with E-state index in [1.165, 1.54) is 167 Å². The van der Waals surface area contributed by atoms with Crippen molar-refractivity contribution in [3.8, 4) is 0 Å². The van der Waals surface area contributed by atoms with Crippen LogP contribution in [0.15, 0.2) is 24.3 Å². The summed E-state index contributed by atoms with van der Waals surface area (Å²) in [7, 11) is -4.61. The van der Waals surface area contributed by atoms with Crippen molar-refractivity contribution >= 4 is 22.1 Å². The first kappa shape index (κ1) is 58.1. The van der Waals surface area contributed by atoms with Crippen LogP contribution in [0.2, 0.25) is 0 Å². The first-order valence-electron chi connectivity index (χ1n) is 24.9. The van der Waals surface area contributed by atoms with Crippen LogP contribution in [0, 0.1) is 0 Å². The Morgan fingerprint density at radius 1 is 0.581 bits per heavy atom. The SMILES string of the molecule is CCCCCCCCCCCCC/C=C/C=C/C(=O)OC[C@H](CO[C@H]1O[C@H](CS(=O)(=O)O)[C@@H](O)C(O)C1O)OC(=O)CCCCCCCCCCCCCCCCCCCCC. The molecule has 364 valence electrons. The Kier molecular flexibility index (Phi) is 37.0. The van der Waals surface area contributed by atoms with Crippen molar-refractivity contribution in [3.05, 3.63) is 24.3 Å². The third-order valence-electron chi connectivity index (χ3n) is 11.6. The number of hydrogen-bond acceptors (Lipinski definition) is 11. The number of unbranched alkanes of at least 4 members (excludes halogenated alkanes) is 29. The van der Waals surface area contributed by atoms with Crippen molar-refractivity contribution in [2.75, 3.05) is 19.0 Å². The molecule has 13 heteroatoms. The first-order valence-corrected chi connectivity index (χ1v) is 26.5. The third kappa shape index (κ3) is 33.6. The van der Waals surface area contributed by atoms with Gasteiger partial charge >= 0.3 is 11.9 Å². The van der Waals surface area contributed by atoms with Crippen molar-refractivity contribution in [1.29, 1.82) is 0 Å². The molecule has 1 rings (SSSR count). The highest BCUT2D eigenvalue weighted by molar-refractivity contribution is 7.85. The molecule has 0 amide bonds. The second-order valence-electron chi connectivity index (χ2n) is 17.6. The van der Waals surface area contributed by atoms with E-state index in [1.807, 2.05) is 6.08 Å². The summed E-state index contributed by atoms with van der Waals surface area (Å²) in [4.78, 5) is 25.3. The van der Waals surface area contributed by atoms with E-state index < -0.39 is 71.2 Å². The zero-order valence-corrected chi connectivity index (χ0v) is 39.8. The molecule has 1 aliphatic rings. The summed E-state index contributed by atoms with van der Waals surface area (Å²) in [6.07, 6.45) is 35.7. The van der Waals surface area contributed by atoms with Gasteiger partial charge in [-0.15, -0.1) is 0 Å². The van der Waals surface area contributed by atoms with E-state index in [2.05, 4.69) is 13.8 Å². The maximum atomic E-state index is 12.8. The lowest BCUT2D eigenvalue weighted by atomic mass is 10.00. The van der Waals surface area contributed by atoms with Crippen LogP contribution in [0.3, 0.4) is 0 Å². The Morgan fingerprint density at radius 3 is 1.47 bits per heavy atom. The van der Waals surface area contributed by atoms with Crippen LogP contribution >= 0.6 is 0 Å². The molecule has 0 saturated carbocycles. The molecule has 1 aliphatic heterocycles. The molecule has 0 aliphatic carbocycles. The average molecular weight is 903 g/mol. The Labute approximate surface area is 377 Å². The third-order valence-corrected chi connectivity index (χ3v) is 12.4. The lowest BCUT2D eigenvalue weighted by Gasteiger charge is -2.40. The summed E-state index contributed by atoms with van der Waals surface area (Å²) < 4.78 is 54.0. The van der Waals surface area contributed by atoms with Gasteiger partial charge in [-0.05, 0) is 19.3 Å². The molecule has 1 fully saturated rings. The van der Waals surface area contributed by atoms with E-state index >= 15 is 0 Å². The van der Waals surface area contributed by atoms with E-state index in [-0.39, 0.29) is 13.0 Å². The van der Waals surface area contributed by atoms with Crippen molar-refractivity contribution in [2.24, 2.45) is 0 Å². The number of carbonyl (C=O) groups is 2. The van der Waals surface area contributed by atoms with Crippen molar-refractivity contribution in [1.82, 2.24) is 0 Å². The van der Waals surface area contributed by atoms with Crippen LogP contribution in [-0.2, 0) is 38.7 Å². The molecule has 62 heavy (non-hydrogen) atoms. The lowest BCUT2D eigenvalue weighted by Crippen LogP contribution is -2.60. The predicted octanol–water partition coefficient (Wildman–Crippen LogP) is 10.8. The van der Waals surface area contributed by atoms with Gasteiger partial charge in [0.1, 0.15) is 36.8 Å². The molecular formula is C49H90O12S. The van der Waals surface area contributed by atoms with Gasteiger partial charge in [-0.3, -0.25) is 9.35 Å². The van der Waals surface area contributed by atoms with Crippen LogP contribution in [0.5, 0.6) is 0 Å². The van der Waals surface area contributed by atoms with E-state index in [1.54, 1.807) is 12.2 Å². The molecule has 1 saturated heterocycles. The van der Waals surface area contributed by atoms with Gasteiger partial charge in [0.25, 0.3) is 10.1 Å². The quantitative estimate of drug-likeness (QED) is 0.0150. The summed E-state index contributed by atoms with van der Waals surface area (Å²) in [5, 5.41) is 30.9. The molecule has 0 radical (unpaired) electrons. The molecule has 0 aromatic rings. The van der Waals surface area contributed by atoms with Crippen molar-refractivity contribution in [3.63, 3.8) is 0 Å². The number of esters is 2. The van der Waals surface area contributed by atoms with Crippen molar-refractivity contribution < 1.29 is 56.8 Å². The fourth-order valence-electron chi connectivity index (χ4n) is 7.77. The molecule has 0 bridgehead atoms. The molecule has 0 aromatic carbocycles. The van der Waals surface area contributed by atoms with E-state index in [9.17, 15) is 37.9 Å². The van der Waals surface area contributed by atoms with Gasteiger partial charge in [0.2, 0.25) is 0 Å².